The van der Waals surface area contributed by atoms with Crippen molar-refractivity contribution in [3.8, 4) is 0 Å². The van der Waals surface area contributed by atoms with Gasteiger partial charge in [0.05, 0.1) is 0 Å². The third kappa shape index (κ3) is 3.14. The minimum absolute atomic E-state index is 0.126. The molecule has 2 unspecified atom stereocenters. The van der Waals surface area contributed by atoms with Crippen molar-refractivity contribution in [3.05, 3.63) is 98.7 Å². The van der Waals surface area contributed by atoms with E-state index >= 15 is 0 Å². The van der Waals surface area contributed by atoms with Gasteiger partial charge in [0, 0.05) is 8.99 Å². The highest BCUT2D eigenvalue weighted by Gasteiger charge is 2.40. The summed E-state index contributed by atoms with van der Waals surface area (Å²) in [6, 6.07) is 6.93. The summed E-state index contributed by atoms with van der Waals surface area (Å²) in [4.78, 5) is 0. The van der Waals surface area contributed by atoms with Crippen molar-refractivity contribution in [3.63, 3.8) is 0 Å². The van der Waals surface area contributed by atoms with Gasteiger partial charge in [0.25, 0.3) is 0 Å². The third-order valence-electron chi connectivity index (χ3n) is 6.46. The Morgan fingerprint density at radius 3 is 2.59 bits per heavy atom. The van der Waals surface area contributed by atoms with E-state index in [1.807, 2.05) is 6.08 Å². The van der Waals surface area contributed by atoms with Gasteiger partial charge in [0.1, 0.15) is 0 Å². The second-order valence-electron chi connectivity index (χ2n) is 8.35. The topological polar surface area (TPSA) is 0 Å². The van der Waals surface area contributed by atoms with Crippen LogP contribution in [-0.2, 0) is 5.41 Å². The number of hydrogen-bond acceptors (Lipinski definition) is 0. The van der Waals surface area contributed by atoms with Crippen LogP contribution in [0.5, 0.6) is 0 Å². The number of rotatable bonds is 3. The van der Waals surface area contributed by atoms with E-state index in [4.69, 9.17) is 0 Å². The van der Waals surface area contributed by atoms with Crippen LogP contribution in [0.2, 0.25) is 0 Å². The first kappa shape index (κ1) is 18.7. The summed E-state index contributed by atoms with van der Waals surface area (Å²) in [5, 5.41) is 0. The molecule has 2 atom stereocenters. The lowest BCUT2D eigenvalue weighted by molar-refractivity contribution is 0.438. The summed E-state index contributed by atoms with van der Waals surface area (Å²) in [5.41, 5.74) is 8.83. The maximum absolute atomic E-state index is 3.98. The van der Waals surface area contributed by atoms with Gasteiger partial charge >= 0.3 is 0 Å². The predicted molar refractivity (Wildman–Crippen MR) is 126 cm³/mol. The molecule has 0 nitrogen and oxygen atoms in total. The largest absolute Gasteiger partial charge is 0.0985 e. The summed E-state index contributed by atoms with van der Waals surface area (Å²) in [5.74, 6) is 1.13. The fraction of sp³-hybridized carbons (Fsp3) is 0.308. The highest BCUT2D eigenvalue weighted by atomic mass is 127. The molecule has 0 saturated carbocycles. The molecule has 3 aliphatic rings. The van der Waals surface area contributed by atoms with Crippen LogP contribution in [0.15, 0.2) is 84.0 Å². The van der Waals surface area contributed by atoms with Crippen LogP contribution in [0.4, 0.5) is 0 Å². The van der Waals surface area contributed by atoms with Crippen molar-refractivity contribution < 1.29 is 0 Å². The molecule has 27 heavy (non-hydrogen) atoms. The first-order chi connectivity index (χ1) is 13.0. The van der Waals surface area contributed by atoms with E-state index in [1.165, 1.54) is 31.4 Å². The molecule has 4 rings (SSSR count). The Morgan fingerprint density at radius 1 is 1.11 bits per heavy atom. The number of fused-ring (bicyclic) bond motifs is 2. The zero-order valence-corrected chi connectivity index (χ0v) is 18.6. The monoisotopic (exact) mass is 466 g/mol. The molecule has 0 aromatic heterocycles. The lowest BCUT2D eigenvalue weighted by Gasteiger charge is -2.33. The molecule has 3 aliphatic carbocycles. The summed E-state index contributed by atoms with van der Waals surface area (Å²) < 4.78 is 1.33. The first-order valence-electron chi connectivity index (χ1n) is 9.84. The van der Waals surface area contributed by atoms with E-state index in [-0.39, 0.29) is 5.41 Å². The van der Waals surface area contributed by atoms with Crippen LogP contribution in [0, 0.1) is 15.4 Å². The zero-order valence-electron chi connectivity index (χ0n) is 16.4. The Morgan fingerprint density at radius 2 is 1.85 bits per heavy atom. The minimum Gasteiger partial charge on any atom is -0.0985 e. The molecule has 0 spiro atoms. The maximum atomic E-state index is 3.98. The van der Waals surface area contributed by atoms with Crippen molar-refractivity contribution in [2.45, 2.75) is 39.0 Å². The molecule has 0 saturated heterocycles. The Hall–Kier alpha value is -1.61. The van der Waals surface area contributed by atoms with Crippen LogP contribution in [0.1, 0.15) is 44.7 Å². The van der Waals surface area contributed by atoms with Crippen molar-refractivity contribution in [2.75, 3.05) is 0 Å². The minimum atomic E-state index is 0.126. The maximum Gasteiger partial charge on any atom is 0.0133 e. The molecule has 1 aromatic rings. The molecule has 0 bridgehead atoms. The number of hydrogen-bond donors (Lipinski definition) is 0. The molecule has 0 N–H and O–H groups in total. The second kappa shape index (κ2) is 7.09. The standard InChI is InChI=1S/C26H27I/c1-5-7-18-14-19(9-8-17(18)6-2)20-10-12-22-23-13-11-21(27)16-25(23)26(3,4)24(22)15-20/h5-13,16,19-20H,2,14-15H2,1,3-4H3/b7-5-. The van der Waals surface area contributed by atoms with Gasteiger partial charge in [-0.3, -0.25) is 0 Å². The molecule has 0 radical (unpaired) electrons. The van der Waals surface area contributed by atoms with E-state index in [2.05, 4.69) is 105 Å². The Balaban J connectivity index is 1.63. The van der Waals surface area contributed by atoms with Gasteiger partial charge in [-0.05, 0) is 94.2 Å². The molecule has 0 fully saturated rings. The Bertz CT molecular complexity index is 946. The van der Waals surface area contributed by atoms with E-state index in [9.17, 15) is 0 Å². The quantitative estimate of drug-likeness (QED) is 0.404. The van der Waals surface area contributed by atoms with Crippen molar-refractivity contribution in [2.24, 2.45) is 11.8 Å². The van der Waals surface area contributed by atoms with E-state index in [0.29, 0.717) is 11.8 Å². The van der Waals surface area contributed by atoms with Crippen molar-refractivity contribution in [1.29, 1.82) is 0 Å². The highest BCUT2D eigenvalue weighted by molar-refractivity contribution is 14.1. The van der Waals surface area contributed by atoms with Crippen LogP contribution in [-0.4, -0.2) is 0 Å². The third-order valence-corrected chi connectivity index (χ3v) is 7.13. The van der Waals surface area contributed by atoms with Gasteiger partial charge < -0.3 is 0 Å². The SMILES string of the molecule is C=CC1=C(/C=C\C)CC(C2C=CC3=C(C2)C(C)(C)c2cc(I)ccc23)C=C1. The van der Waals surface area contributed by atoms with Gasteiger partial charge in [-0.1, -0.05) is 74.6 Å². The number of benzene rings is 1. The fourth-order valence-corrected chi connectivity index (χ4v) is 5.43. The lowest BCUT2D eigenvalue weighted by Crippen LogP contribution is -2.23. The van der Waals surface area contributed by atoms with Gasteiger partial charge in [0.2, 0.25) is 0 Å². The smallest absolute Gasteiger partial charge is 0.0133 e. The lowest BCUT2D eigenvalue weighted by atomic mass is 9.71. The molecule has 0 heterocycles. The van der Waals surface area contributed by atoms with E-state index in [1.54, 1.807) is 5.57 Å². The first-order valence-corrected chi connectivity index (χ1v) is 10.9. The summed E-state index contributed by atoms with van der Waals surface area (Å²) in [7, 11) is 0. The molecule has 138 valence electrons. The molecular formula is C26H27I. The van der Waals surface area contributed by atoms with E-state index in [0.717, 1.165) is 12.8 Å². The molecule has 1 aromatic carbocycles. The molecule has 1 heteroatoms. The predicted octanol–water partition coefficient (Wildman–Crippen LogP) is 7.55. The van der Waals surface area contributed by atoms with Gasteiger partial charge in [-0.25, -0.2) is 0 Å². The Kier molecular flexibility index (Phi) is 4.92. The van der Waals surface area contributed by atoms with Crippen LogP contribution >= 0.6 is 22.6 Å². The number of halogens is 1. The molecular weight excluding hydrogens is 439 g/mol. The summed E-state index contributed by atoms with van der Waals surface area (Å²) in [6.07, 6.45) is 18.2. The van der Waals surface area contributed by atoms with E-state index < -0.39 is 0 Å². The molecule has 0 aliphatic heterocycles. The highest BCUT2D eigenvalue weighted by Crippen LogP contribution is 2.52. The Labute approximate surface area is 177 Å². The van der Waals surface area contributed by atoms with Gasteiger partial charge in [0.15, 0.2) is 0 Å². The average Bonchev–Trinajstić information content (AvgIpc) is 2.89. The molecule has 0 amide bonds. The second-order valence-corrected chi connectivity index (χ2v) is 9.59. The fourth-order valence-electron chi connectivity index (χ4n) is 4.94. The number of allylic oxidation sites excluding steroid dienone is 11. The average molecular weight is 466 g/mol. The van der Waals surface area contributed by atoms with Crippen LogP contribution in [0.25, 0.3) is 5.57 Å². The van der Waals surface area contributed by atoms with Crippen LogP contribution < -0.4 is 0 Å². The zero-order chi connectivity index (χ0) is 19.2. The van der Waals surface area contributed by atoms with Crippen molar-refractivity contribution in [1.82, 2.24) is 0 Å². The summed E-state index contributed by atoms with van der Waals surface area (Å²) in [6.45, 7) is 10.9. The normalized spacial score (nSPS) is 25.9. The van der Waals surface area contributed by atoms with Gasteiger partial charge in [-0.15, -0.1) is 0 Å². The van der Waals surface area contributed by atoms with Crippen LogP contribution in [0.3, 0.4) is 0 Å². The summed E-state index contributed by atoms with van der Waals surface area (Å²) >= 11 is 2.43. The van der Waals surface area contributed by atoms with Crippen molar-refractivity contribution >= 4 is 28.2 Å². The van der Waals surface area contributed by atoms with Gasteiger partial charge in [-0.2, -0.15) is 0 Å².